The third kappa shape index (κ3) is 4.24. The third-order valence-corrected chi connectivity index (χ3v) is 6.17. The van der Waals surface area contributed by atoms with E-state index in [0.717, 1.165) is 37.1 Å². The van der Waals surface area contributed by atoms with Gasteiger partial charge in [0.15, 0.2) is 11.5 Å². The monoisotopic (exact) mass is 442 g/mol. The summed E-state index contributed by atoms with van der Waals surface area (Å²) in [6.45, 7) is 1.27. The van der Waals surface area contributed by atoms with Gasteiger partial charge in [0.25, 0.3) is 0 Å². The van der Waals surface area contributed by atoms with Crippen LogP contribution < -0.4 is 19.9 Å². The molecule has 1 aliphatic carbocycles. The Labute approximate surface area is 187 Å². The molecule has 0 radical (unpaired) electrons. The number of carbonyl (C=O) groups is 1. The van der Waals surface area contributed by atoms with E-state index in [1.165, 1.54) is 4.68 Å². The lowest BCUT2D eigenvalue weighted by Gasteiger charge is -2.31. The Kier molecular flexibility index (Phi) is 6.25. The second-order valence-electron chi connectivity index (χ2n) is 8.26. The van der Waals surface area contributed by atoms with Crippen molar-refractivity contribution in [2.24, 2.45) is 7.05 Å². The third-order valence-electron chi connectivity index (χ3n) is 6.17. The van der Waals surface area contributed by atoms with E-state index in [1.807, 2.05) is 9.47 Å². The highest BCUT2D eigenvalue weighted by Crippen LogP contribution is 2.39. The number of rotatable bonds is 7. The first kappa shape index (κ1) is 22.0. The van der Waals surface area contributed by atoms with E-state index in [-0.39, 0.29) is 17.5 Å². The van der Waals surface area contributed by atoms with E-state index in [2.05, 4.69) is 5.10 Å². The van der Waals surface area contributed by atoms with Gasteiger partial charge in [-0.2, -0.15) is 5.10 Å². The smallest absolute Gasteiger partial charge is 0.345 e. The van der Waals surface area contributed by atoms with Gasteiger partial charge < -0.3 is 19.1 Å². The van der Waals surface area contributed by atoms with Crippen LogP contribution in [0.1, 0.15) is 49.0 Å². The van der Waals surface area contributed by atoms with E-state index < -0.39 is 0 Å². The molecular weight excluding hydrogens is 412 g/mol. The SMILES string of the molecule is COc1cc(/C=C/C(=O)N2CCC(c3nn(C)c(=O)n3C3CC3)CC2)cc(OC)c1OC. The van der Waals surface area contributed by atoms with E-state index in [0.29, 0.717) is 36.4 Å². The summed E-state index contributed by atoms with van der Waals surface area (Å²) in [5, 5.41) is 4.50. The molecule has 2 aromatic rings. The van der Waals surface area contributed by atoms with Crippen LogP contribution in [-0.4, -0.2) is 59.6 Å². The van der Waals surface area contributed by atoms with Crippen molar-refractivity contribution in [2.75, 3.05) is 34.4 Å². The van der Waals surface area contributed by atoms with Gasteiger partial charge in [-0.15, -0.1) is 0 Å². The molecule has 1 aromatic carbocycles. The maximum atomic E-state index is 12.8. The first-order valence-corrected chi connectivity index (χ1v) is 10.9. The van der Waals surface area contributed by atoms with Crippen LogP contribution >= 0.6 is 0 Å². The molecule has 1 saturated carbocycles. The van der Waals surface area contributed by atoms with Gasteiger partial charge in [-0.05, 0) is 49.5 Å². The van der Waals surface area contributed by atoms with Gasteiger partial charge in [0, 0.05) is 38.2 Å². The van der Waals surface area contributed by atoms with Gasteiger partial charge in [0.05, 0.1) is 21.3 Å². The lowest BCUT2D eigenvalue weighted by Crippen LogP contribution is -2.37. The highest BCUT2D eigenvalue weighted by Gasteiger charge is 2.34. The fraction of sp³-hybridized carbons (Fsp3) is 0.522. The molecule has 0 spiro atoms. The highest BCUT2D eigenvalue weighted by atomic mass is 16.5. The molecule has 0 unspecified atom stereocenters. The molecule has 1 aliphatic heterocycles. The van der Waals surface area contributed by atoms with Crippen LogP contribution in [0.4, 0.5) is 0 Å². The molecule has 32 heavy (non-hydrogen) atoms. The molecule has 4 rings (SSSR count). The van der Waals surface area contributed by atoms with Crippen LogP contribution in [0.2, 0.25) is 0 Å². The molecule has 9 nitrogen and oxygen atoms in total. The molecule has 1 aromatic heterocycles. The summed E-state index contributed by atoms with van der Waals surface area (Å²) in [7, 11) is 6.38. The number of benzene rings is 1. The van der Waals surface area contributed by atoms with Crippen molar-refractivity contribution in [1.29, 1.82) is 0 Å². The minimum Gasteiger partial charge on any atom is -0.493 e. The van der Waals surface area contributed by atoms with Gasteiger partial charge >= 0.3 is 5.69 Å². The van der Waals surface area contributed by atoms with Gasteiger partial charge in [0.1, 0.15) is 5.82 Å². The Morgan fingerprint density at radius 2 is 1.66 bits per heavy atom. The number of ether oxygens (including phenoxy) is 3. The predicted octanol–water partition coefficient (Wildman–Crippen LogP) is 2.36. The average Bonchev–Trinajstić information content (AvgIpc) is 3.61. The van der Waals surface area contributed by atoms with Crippen molar-refractivity contribution in [2.45, 2.75) is 37.6 Å². The molecular formula is C23H30N4O5. The van der Waals surface area contributed by atoms with Gasteiger partial charge in [-0.1, -0.05) is 0 Å². The molecule has 0 atom stereocenters. The number of methoxy groups -OCH3 is 3. The van der Waals surface area contributed by atoms with Crippen molar-refractivity contribution in [1.82, 2.24) is 19.2 Å². The van der Waals surface area contributed by atoms with Crippen LogP contribution in [0.25, 0.3) is 6.08 Å². The first-order chi connectivity index (χ1) is 15.5. The predicted molar refractivity (Wildman–Crippen MR) is 119 cm³/mol. The Hall–Kier alpha value is -3.23. The molecule has 2 fully saturated rings. The maximum absolute atomic E-state index is 12.8. The van der Waals surface area contributed by atoms with Crippen LogP contribution in [0.3, 0.4) is 0 Å². The lowest BCUT2D eigenvalue weighted by molar-refractivity contribution is -0.127. The van der Waals surface area contributed by atoms with Crippen LogP contribution in [0, 0.1) is 0 Å². The van der Waals surface area contributed by atoms with Gasteiger partial charge in [-0.3, -0.25) is 9.36 Å². The molecule has 1 saturated heterocycles. The van der Waals surface area contributed by atoms with E-state index in [4.69, 9.17) is 14.2 Å². The molecule has 0 bridgehead atoms. The van der Waals surface area contributed by atoms with Crippen molar-refractivity contribution in [3.63, 3.8) is 0 Å². The van der Waals surface area contributed by atoms with Crippen molar-refractivity contribution < 1.29 is 19.0 Å². The topological polar surface area (TPSA) is 87.8 Å². The molecule has 0 N–H and O–H groups in total. The number of nitrogens with zero attached hydrogens (tertiary/aromatic N) is 4. The molecule has 1 amide bonds. The summed E-state index contributed by atoms with van der Waals surface area (Å²) in [5.41, 5.74) is 0.749. The standard InChI is InChI=1S/C23H30N4O5/c1-25-23(29)27(17-6-7-17)22(24-25)16-9-11-26(12-10-16)20(28)8-5-15-13-18(30-2)21(32-4)19(14-15)31-3/h5,8,13-14,16-17H,6-7,9-12H2,1-4H3/b8-5+. The summed E-state index contributed by atoms with van der Waals surface area (Å²) >= 11 is 0. The summed E-state index contributed by atoms with van der Waals surface area (Å²) in [6, 6.07) is 3.90. The zero-order valence-corrected chi connectivity index (χ0v) is 19.0. The Bertz CT molecular complexity index is 1050. The summed E-state index contributed by atoms with van der Waals surface area (Å²) in [5.74, 6) is 2.62. The number of piperidine rings is 1. The van der Waals surface area contributed by atoms with Crippen molar-refractivity contribution in [3.05, 3.63) is 40.1 Å². The Balaban J connectivity index is 1.42. The number of hydrogen-bond donors (Lipinski definition) is 0. The number of aryl methyl sites for hydroxylation is 1. The van der Waals surface area contributed by atoms with E-state index in [1.54, 1.807) is 52.7 Å². The quantitative estimate of drug-likeness (QED) is 0.612. The summed E-state index contributed by atoms with van der Waals surface area (Å²) < 4.78 is 19.4. The van der Waals surface area contributed by atoms with Crippen LogP contribution in [0.15, 0.2) is 23.0 Å². The largest absolute Gasteiger partial charge is 0.493 e. The van der Waals surface area contributed by atoms with E-state index >= 15 is 0 Å². The van der Waals surface area contributed by atoms with Gasteiger partial charge in [0.2, 0.25) is 11.7 Å². The molecule has 2 heterocycles. The van der Waals surface area contributed by atoms with Crippen LogP contribution in [-0.2, 0) is 11.8 Å². The summed E-state index contributed by atoms with van der Waals surface area (Å²) in [6.07, 6.45) is 7.01. The van der Waals surface area contributed by atoms with Crippen molar-refractivity contribution >= 4 is 12.0 Å². The zero-order chi connectivity index (χ0) is 22.8. The second kappa shape index (κ2) is 9.10. The number of likely N-dealkylation sites (tertiary alicyclic amines) is 1. The zero-order valence-electron chi connectivity index (χ0n) is 19.0. The molecule has 9 heteroatoms. The Morgan fingerprint density at radius 1 is 1.03 bits per heavy atom. The first-order valence-electron chi connectivity index (χ1n) is 10.9. The normalized spacial score (nSPS) is 17.1. The van der Waals surface area contributed by atoms with Crippen LogP contribution in [0.5, 0.6) is 17.2 Å². The molecule has 172 valence electrons. The number of carbonyl (C=O) groups excluding carboxylic acids is 1. The number of amides is 1. The Morgan fingerprint density at radius 3 is 2.19 bits per heavy atom. The minimum absolute atomic E-state index is 0.0331. The van der Waals surface area contributed by atoms with Crippen molar-refractivity contribution in [3.8, 4) is 17.2 Å². The summed E-state index contributed by atoms with van der Waals surface area (Å²) in [4.78, 5) is 27.0. The molecule has 2 aliphatic rings. The fourth-order valence-corrected chi connectivity index (χ4v) is 4.28. The lowest BCUT2D eigenvalue weighted by atomic mass is 9.95. The minimum atomic E-state index is -0.0437. The second-order valence-corrected chi connectivity index (χ2v) is 8.26. The van der Waals surface area contributed by atoms with E-state index in [9.17, 15) is 9.59 Å². The van der Waals surface area contributed by atoms with Gasteiger partial charge in [-0.25, -0.2) is 9.48 Å². The highest BCUT2D eigenvalue weighted by molar-refractivity contribution is 5.92. The number of hydrogen-bond acceptors (Lipinski definition) is 6. The fourth-order valence-electron chi connectivity index (χ4n) is 4.28. The maximum Gasteiger partial charge on any atom is 0.345 e. The average molecular weight is 443 g/mol. The number of aromatic nitrogens is 3.